The molecule has 63 valence electrons. The molecule has 0 aliphatic carbocycles. The quantitative estimate of drug-likeness (QED) is 0.307. The van der Waals surface area contributed by atoms with Crippen molar-refractivity contribution in [3.63, 3.8) is 0 Å². The van der Waals surface area contributed by atoms with Gasteiger partial charge >= 0.3 is 7.82 Å². The Balaban J connectivity index is 0. The topological polar surface area (TPSA) is 107 Å². The van der Waals surface area contributed by atoms with Crippen molar-refractivity contribution in [1.29, 1.82) is 0 Å². The first-order valence-corrected chi connectivity index (χ1v) is 3.98. The second-order valence-corrected chi connectivity index (χ2v) is 2.78. The third kappa shape index (κ3) is 8.94. The minimum Gasteiger partial charge on any atom is -0.394 e. The molecule has 0 unspecified atom stereocenters. The van der Waals surface area contributed by atoms with Crippen LogP contribution in [0.4, 0.5) is 0 Å². The molecular formula is C3H9NaO6P. The number of hydrogen-bond acceptors (Lipinski definition) is 4. The average molecular weight is 195 g/mol. The van der Waals surface area contributed by atoms with Crippen LogP contribution in [-0.4, -0.2) is 68.9 Å². The van der Waals surface area contributed by atoms with Gasteiger partial charge in [0.15, 0.2) is 0 Å². The maximum atomic E-state index is 10.0. The Labute approximate surface area is 85.7 Å². The first-order chi connectivity index (χ1) is 4.49. The van der Waals surface area contributed by atoms with Gasteiger partial charge in [-0.25, -0.2) is 4.57 Å². The smallest absolute Gasteiger partial charge is 0.394 e. The Morgan fingerprint density at radius 3 is 1.73 bits per heavy atom. The zero-order valence-electron chi connectivity index (χ0n) is 6.04. The van der Waals surface area contributed by atoms with Crippen LogP contribution < -0.4 is 0 Å². The molecule has 0 aromatic heterocycles. The largest absolute Gasteiger partial charge is 0.470 e. The Kier molecular flexibility index (Phi) is 8.64. The van der Waals surface area contributed by atoms with E-state index in [-0.39, 0.29) is 29.6 Å². The molecule has 0 bridgehead atoms. The van der Waals surface area contributed by atoms with E-state index in [1.807, 2.05) is 0 Å². The molecule has 0 rings (SSSR count). The summed E-state index contributed by atoms with van der Waals surface area (Å²) in [5.41, 5.74) is 0. The fourth-order valence-electron chi connectivity index (χ4n) is 0.319. The molecule has 0 aromatic rings. The summed E-state index contributed by atoms with van der Waals surface area (Å²) in [6, 6.07) is 0. The summed E-state index contributed by atoms with van der Waals surface area (Å²) in [5.74, 6) is 0. The molecule has 0 heterocycles. The van der Waals surface area contributed by atoms with Crippen molar-refractivity contribution in [3.8, 4) is 0 Å². The van der Waals surface area contributed by atoms with Gasteiger partial charge in [0, 0.05) is 29.6 Å². The molecule has 0 amide bonds. The maximum Gasteiger partial charge on any atom is 0.470 e. The van der Waals surface area contributed by atoms with Gasteiger partial charge in [0.05, 0.1) is 13.2 Å². The second kappa shape index (κ2) is 6.54. The van der Waals surface area contributed by atoms with Gasteiger partial charge in [0.2, 0.25) is 0 Å². The molecule has 0 aromatic carbocycles. The number of aliphatic hydroxyl groups excluding tert-OH is 2. The minimum absolute atomic E-state index is 0. The van der Waals surface area contributed by atoms with Gasteiger partial charge in [-0.15, -0.1) is 0 Å². The van der Waals surface area contributed by atoms with E-state index in [1.54, 1.807) is 0 Å². The summed E-state index contributed by atoms with van der Waals surface area (Å²) in [7, 11) is -4.57. The van der Waals surface area contributed by atoms with E-state index < -0.39 is 27.1 Å². The zero-order valence-corrected chi connectivity index (χ0v) is 8.94. The van der Waals surface area contributed by atoms with E-state index in [2.05, 4.69) is 4.52 Å². The van der Waals surface area contributed by atoms with Crippen molar-refractivity contribution in [2.45, 2.75) is 6.10 Å². The van der Waals surface area contributed by atoms with Crippen molar-refractivity contribution in [2.24, 2.45) is 0 Å². The molecule has 0 saturated heterocycles. The molecule has 8 heteroatoms. The van der Waals surface area contributed by atoms with Gasteiger partial charge in [-0.05, 0) is 0 Å². The Hall–Kier alpha value is 1.03. The summed E-state index contributed by atoms with van der Waals surface area (Å²) >= 11 is 0. The summed E-state index contributed by atoms with van der Waals surface area (Å²) in [5, 5.41) is 16.5. The summed E-state index contributed by atoms with van der Waals surface area (Å²) in [4.78, 5) is 16.2. The molecule has 6 nitrogen and oxygen atoms in total. The first-order valence-electron chi connectivity index (χ1n) is 2.45. The average Bonchev–Trinajstić information content (AvgIpc) is 1.81. The molecule has 0 spiro atoms. The van der Waals surface area contributed by atoms with Gasteiger partial charge in [0.25, 0.3) is 0 Å². The van der Waals surface area contributed by atoms with Crippen LogP contribution in [0.1, 0.15) is 0 Å². The van der Waals surface area contributed by atoms with Gasteiger partial charge in [-0.1, -0.05) is 0 Å². The van der Waals surface area contributed by atoms with Crippen LogP contribution in [0.5, 0.6) is 0 Å². The van der Waals surface area contributed by atoms with E-state index in [4.69, 9.17) is 20.0 Å². The number of hydrogen-bond donors (Lipinski definition) is 4. The second-order valence-electron chi connectivity index (χ2n) is 1.58. The summed E-state index contributed by atoms with van der Waals surface area (Å²) < 4.78 is 13.9. The molecule has 4 N–H and O–H groups in total. The van der Waals surface area contributed by atoms with Gasteiger partial charge in [-0.3, -0.25) is 4.52 Å². The van der Waals surface area contributed by atoms with Crippen molar-refractivity contribution in [1.82, 2.24) is 0 Å². The van der Waals surface area contributed by atoms with E-state index in [0.29, 0.717) is 0 Å². The van der Waals surface area contributed by atoms with Crippen LogP contribution in [-0.2, 0) is 9.09 Å². The number of phosphoric acid groups is 1. The predicted molar refractivity (Wildman–Crippen MR) is 36.8 cm³/mol. The normalized spacial score (nSPS) is 11.4. The van der Waals surface area contributed by atoms with E-state index in [0.717, 1.165) is 0 Å². The third-order valence-corrected chi connectivity index (χ3v) is 1.27. The molecule has 0 saturated carbocycles. The standard InChI is InChI=1S/C3H9O6P.Na/c4-1-3(2-5)9-10(6,7)8;/h3-5H,1-2H2,(H2,6,7,8);. The van der Waals surface area contributed by atoms with E-state index >= 15 is 0 Å². The molecule has 11 heavy (non-hydrogen) atoms. The fourth-order valence-corrected chi connectivity index (χ4v) is 0.840. The Bertz CT molecular complexity index is 130. The van der Waals surface area contributed by atoms with Gasteiger partial charge in [-0.2, -0.15) is 0 Å². The van der Waals surface area contributed by atoms with E-state index in [9.17, 15) is 4.57 Å². The molecule has 0 fully saturated rings. The monoisotopic (exact) mass is 195 g/mol. The van der Waals surface area contributed by atoms with Crippen LogP contribution in [0.2, 0.25) is 0 Å². The van der Waals surface area contributed by atoms with Gasteiger partial charge < -0.3 is 20.0 Å². The van der Waals surface area contributed by atoms with Gasteiger partial charge in [0.1, 0.15) is 6.10 Å². The Morgan fingerprint density at radius 2 is 1.64 bits per heavy atom. The van der Waals surface area contributed by atoms with E-state index in [1.165, 1.54) is 0 Å². The Morgan fingerprint density at radius 1 is 1.27 bits per heavy atom. The van der Waals surface area contributed by atoms with Crippen molar-refractivity contribution < 1.29 is 29.1 Å². The number of phosphoric ester groups is 1. The number of aliphatic hydroxyl groups is 2. The SMILES string of the molecule is O=P(O)(O)OC(CO)CO.[Na]. The molecule has 0 aliphatic rings. The molecule has 0 aliphatic heterocycles. The number of rotatable bonds is 4. The van der Waals surface area contributed by atoms with Crippen molar-refractivity contribution in [2.75, 3.05) is 13.2 Å². The van der Waals surface area contributed by atoms with Crippen molar-refractivity contribution >= 4 is 37.4 Å². The fraction of sp³-hybridized carbons (Fsp3) is 1.00. The third-order valence-electron chi connectivity index (χ3n) is 0.694. The maximum absolute atomic E-state index is 10.0. The summed E-state index contributed by atoms with van der Waals surface area (Å²) in [6.07, 6.45) is -1.21. The van der Waals surface area contributed by atoms with Crippen LogP contribution in [0.15, 0.2) is 0 Å². The zero-order chi connectivity index (χ0) is 8.20. The van der Waals surface area contributed by atoms with Crippen molar-refractivity contribution in [3.05, 3.63) is 0 Å². The minimum atomic E-state index is -4.57. The first kappa shape index (κ1) is 14.5. The van der Waals surface area contributed by atoms with Crippen LogP contribution in [0.3, 0.4) is 0 Å². The predicted octanol–water partition coefficient (Wildman–Crippen LogP) is -1.93. The van der Waals surface area contributed by atoms with Crippen LogP contribution in [0, 0.1) is 0 Å². The molecule has 1 radical (unpaired) electrons. The van der Waals surface area contributed by atoms with Crippen LogP contribution >= 0.6 is 7.82 Å². The molecule has 0 atom stereocenters. The summed E-state index contributed by atoms with van der Waals surface area (Å²) in [6.45, 7) is -1.25. The molecular weight excluding hydrogens is 186 g/mol. The van der Waals surface area contributed by atoms with Crippen LogP contribution in [0.25, 0.3) is 0 Å².